The Morgan fingerprint density at radius 1 is 1.54 bits per heavy atom. The topological polar surface area (TPSA) is 40.7 Å². The minimum Gasteiger partial charge on any atom is -0.377 e. The largest absolute Gasteiger partial charge is 0.377 e. The van der Waals surface area contributed by atoms with Crippen LogP contribution in [0.4, 0.5) is 5.00 Å². The Hall–Kier alpha value is -1.29. The van der Waals surface area contributed by atoms with Gasteiger partial charge in [0.25, 0.3) is 0 Å². The quantitative estimate of drug-likeness (QED) is 0.781. The number of thiophene rings is 1. The maximum atomic E-state index is 3.96. The van der Waals surface area contributed by atoms with Crippen molar-refractivity contribution in [3.8, 4) is 0 Å². The second-order valence-electron chi connectivity index (χ2n) is 2.73. The lowest BCUT2D eigenvalue weighted by Gasteiger charge is -2.00. The summed E-state index contributed by atoms with van der Waals surface area (Å²) in [6.45, 7) is 0.947. The summed E-state index contributed by atoms with van der Waals surface area (Å²) in [4.78, 5) is 7.03. The Morgan fingerprint density at radius 2 is 2.54 bits per heavy atom. The molecule has 0 aliphatic rings. The number of aromatic amines is 1. The van der Waals surface area contributed by atoms with E-state index in [2.05, 4.69) is 26.7 Å². The minimum atomic E-state index is 0.947. The standard InChI is InChI=1S/C9H11N3S/c1-2-9(13-5-1)11-4-3-8-6-10-7-12-8/h1-2,5-7,11H,3-4H2,(H,10,12). The fraction of sp³-hybridized carbons (Fsp3) is 0.222. The summed E-state index contributed by atoms with van der Waals surface area (Å²) in [5.41, 5.74) is 1.17. The van der Waals surface area contributed by atoms with Crippen LogP contribution in [0.5, 0.6) is 0 Å². The fourth-order valence-electron chi connectivity index (χ4n) is 1.12. The van der Waals surface area contributed by atoms with Gasteiger partial charge in [-0.25, -0.2) is 4.98 Å². The molecule has 2 heterocycles. The molecule has 2 aromatic rings. The zero-order chi connectivity index (χ0) is 8.93. The zero-order valence-electron chi connectivity index (χ0n) is 7.16. The third-order valence-corrected chi connectivity index (χ3v) is 2.60. The van der Waals surface area contributed by atoms with E-state index in [0.29, 0.717) is 0 Å². The first-order valence-corrected chi connectivity index (χ1v) is 5.08. The van der Waals surface area contributed by atoms with Gasteiger partial charge in [0.2, 0.25) is 0 Å². The van der Waals surface area contributed by atoms with E-state index in [4.69, 9.17) is 0 Å². The molecule has 0 aliphatic carbocycles. The van der Waals surface area contributed by atoms with Crippen molar-refractivity contribution in [3.05, 3.63) is 35.7 Å². The maximum absolute atomic E-state index is 3.96. The van der Waals surface area contributed by atoms with Gasteiger partial charge in [0.05, 0.1) is 11.3 Å². The number of rotatable bonds is 4. The fourth-order valence-corrected chi connectivity index (χ4v) is 1.77. The van der Waals surface area contributed by atoms with Crippen molar-refractivity contribution < 1.29 is 0 Å². The van der Waals surface area contributed by atoms with Crippen LogP contribution in [-0.2, 0) is 6.42 Å². The summed E-state index contributed by atoms with van der Waals surface area (Å²) in [5.74, 6) is 0. The highest BCUT2D eigenvalue weighted by molar-refractivity contribution is 7.14. The molecule has 3 nitrogen and oxygen atoms in total. The zero-order valence-corrected chi connectivity index (χ0v) is 7.97. The molecule has 0 aliphatic heterocycles. The first kappa shape index (κ1) is 8.31. The van der Waals surface area contributed by atoms with Gasteiger partial charge >= 0.3 is 0 Å². The molecule has 0 atom stereocenters. The molecule has 0 spiro atoms. The molecular formula is C9H11N3S. The molecule has 0 radical (unpaired) electrons. The van der Waals surface area contributed by atoms with Crippen molar-refractivity contribution in [2.45, 2.75) is 6.42 Å². The summed E-state index contributed by atoms with van der Waals surface area (Å²) in [5, 5.41) is 6.62. The average molecular weight is 193 g/mol. The van der Waals surface area contributed by atoms with Crippen molar-refractivity contribution in [1.29, 1.82) is 0 Å². The molecule has 68 valence electrons. The second-order valence-corrected chi connectivity index (χ2v) is 3.68. The van der Waals surface area contributed by atoms with Crippen molar-refractivity contribution in [2.75, 3.05) is 11.9 Å². The summed E-state index contributed by atoms with van der Waals surface area (Å²) >= 11 is 1.72. The van der Waals surface area contributed by atoms with Crippen LogP contribution in [-0.4, -0.2) is 16.5 Å². The maximum Gasteiger partial charge on any atom is 0.0921 e. The summed E-state index contributed by atoms with van der Waals surface area (Å²) < 4.78 is 0. The first-order valence-electron chi connectivity index (χ1n) is 4.20. The molecule has 2 N–H and O–H groups in total. The van der Waals surface area contributed by atoms with E-state index in [1.807, 2.05) is 12.3 Å². The van der Waals surface area contributed by atoms with Crippen LogP contribution in [0.3, 0.4) is 0 Å². The van der Waals surface area contributed by atoms with E-state index in [1.165, 1.54) is 10.7 Å². The first-order chi connectivity index (χ1) is 6.45. The minimum absolute atomic E-state index is 0.947. The predicted molar refractivity (Wildman–Crippen MR) is 55.1 cm³/mol. The van der Waals surface area contributed by atoms with Crippen molar-refractivity contribution >= 4 is 16.3 Å². The highest BCUT2D eigenvalue weighted by atomic mass is 32.1. The molecule has 0 saturated carbocycles. The van der Waals surface area contributed by atoms with Crippen molar-refractivity contribution in [3.63, 3.8) is 0 Å². The number of hydrogen-bond acceptors (Lipinski definition) is 3. The Labute approximate surface area is 80.8 Å². The van der Waals surface area contributed by atoms with E-state index < -0.39 is 0 Å². The van der Waals surface area contributed by atoms with Gasteiger partial charge < -0.3 is 10.3 Å². The third kappa shape index (κ3) is 2.32. The SMILES string of the molecule is c1csc(NCCc2cnc[nH]2)c1. The number of imidazole rings is 1. The van der Waals surface area contributed by atoms with E-state index in [1.54, 1.807) is 17.7 Å². The Bertz CT molecular complexity index is 291. The normalized spacial score (nSPS) is 10.2. The molecule has 0 unspecified atom stereocenters. The molecule has 2 aromatic heterocycles. The van der Waals surface area contributed by atoms with E-state index >= 15 is 0 Å². The van der Waals surface area contributed by atoms with Gasteiger partial charge in [0, 0.05) is 24.9 Å². The van der Waals surface area contributed by atoms with Gasteiger partial charge in [-0.1, -0.05) is 0 Å². The van der Waals surface area contributed by atoms with Crippen LogP contribution in [0.15, 0.2) is 30.0 Å². The van der Waals surface area contributed by atoms with Gasteiger partial charge in [0.15, 0.2) is 0 Å². The molecular weight excluding hydrogens is 182 g/mol. The Kier molecular flexibility index (Phi) is 2.62. The Balaban J connectivity index is 1.76. The molecule has 0 fully saturated rings. The van der Waals surface area contributed by atoms with Crippen LogP contribution in [0.25, 0.3) is 0 Å². The second kappa shape index (κ2) is 4.09. The smallest absolute Gasteiger partial charge is 0.0921 e. The van der Waals surface area contributed by atoms with Crippen LogP contribution in [0, 0.1) is 0 Å². The molecule has 0 amide bonds. The van der Waals surface area contributed by atoms with Gasteiger partial charge in [0.1, 0.15) is 0 Å². The van der Waals surface area contributed by atoms with Crippen LogP contribution >= 0.6 is 11.3 Å². The predicted octanol–water partition coefficient (Wildman–Crippen LogP) is 2.13. The average Bonchev–Trinajstić information content (AvgIpc) is 2.75. The summed E-state index contributed by atoms with van der Waals surface area (Å²) in [7, 11) is 0. The number of hydrogen-bond donors (Lipinski definition) is 2. The Morgan fingerprint density at radius 3 is 3.23 bits per heavy atom. The molecule has 0 saturated heterocycles. The lowest BCUT2D eigenvalue weighted by Crippen LogP contribution is -2.03. The van der Waals surface area contributed by atoms with Gasteiger partial charge in [-0.15, -0.1) is 11.3 Å². The van der Waals surface area contributed by atoms with Crippen molar-refractivity contribution in [2.24, 2.45) is 0 Å². The van der Waals surface area contributed by atoms with Crippen LogP contribution < -0.4 is 5.32 Å². The number of aromatic nitrogens is 2. The van der Waals surface area contributed by atoms with Crippen molar-refractivity contribution in [1.82, 2.24) is 9.97 Å². The van der Waals surface area contributed by atoms with Gasteiger partial charge in [-0.05, 0) is 17.5 Å². The third-order valence-electron chi connectivity index (χ3n) is 1.77. The molecule has 4 heteroatoms. The molecule has 13 heavy (non-hydrogen) atoms. The van der Waals surface area contributed by atoms with Crippen LogP contribution in [0.1, 0.15) is 5.69 Å². The molecule has 0 aromatic carbocycles. The highest BCUT2D eigenvalue weighted by Gasteiger charge is 1.94. The van der Waals surface area contributed by atoms with E-state index in [9.17, 15) is 0 Å². The van der Waals surface area contributed by atoms with Gasteiger partial charge in [-0.3, -0.25) is 0 Å². The lowest BCUT2D eigenvalue weighted by atomic mass is 10.3. The van der Waals surface area contributed by atoms with E-state index in [-0.39, 0.29) is 0 Å². The number of H-pyrrole nitrogens is 1. The molecule has 0 bridgehead atoms. The lowest BCUT2D eigenvalue weighted by molar-refractivity contribution is 0.980. The number of nitrogens with one attached hydrogen (secondary N) is 2. The monoisotopic (exact) mass is 193 g/mol. The number of anilines is 1. The number of nitrogens with zero attached hydrogens (tertiary/aromatic N) is 1. The van der Waals surface area contributed by atoms with E-state index in [0.717, 1.165) is 13.0 Å². The van der Waals surface area contributed by atoms with Crippen LogP contribution in [0.2, 0.25) is 0 Å². The van der Waals surface area contributed by atoms with Gasteiger partial charge in [-0.2, -0.15) is 0 Å². The molecule has 2 rings (SSSR count). The summed E-state index contributed by atoms with van der Waals surface area (Å²) in [6, 6.07) is 4.13. The highest BCUT2D eigenvalue weighted by Crippen LogP contribution is 2.14. The summed E-state index contributed by atoms with van der Waals surface area (Å²) in [6.07, 6.45) is 4.55.